The minimum Gasteiger partial charge on any atom is -0.494 e. The number of hydrogen-bond donors (Lipinski definition) is 2. The number of unbranched alkanes of at least 4 members (excludes halogenated alkanes) is 2. The highest BCUT2D eigenvalue weighted by Gasteiger charge is 1.99. The summed E-state index contributed by atoms with van der Waals surface area (Å²) in [5.74, 6) is 0.0803. The second-order valence-corrected chi connectivity index (χ2v) is 4.94. The molecule has 0 saturated heterocycles. The van der Waals surface area contributed by atoms with Crippen molar-refractivity contribution in [3.05, 3.63) is 48.8 Å². The predicted octanol–water partition coefficient (Wildman–Crippen LogP) is 3.85. The molecule has 0 aliphatic heterocycles. The Morgan fingerprint density at radius 1 is 1.00 bits per heavy atom. The Morgan fingerprint density at radius 2 is 1.68 bits per heavy atom. The summed E-state index contributed by atoms with van der Waals surface area (Å²) in [6.07, 6.45) is 6.15. The van der Waals surface area contributed by atoms with Crippen molar-refractivity contribution in [3.63, 3.8) is 0 Å². The topological polar surface area (TPSA) is 71.5 Å². The number of aliphatic carboxylic acids is 1. The van der Waals surface area contributed by atoms with Crippen LogP contribution in [0.3, 0.4) is 0 Å². The lowest BCUT2D eigenvalue weighted by Crippen LogP contribution is -1.99. The monoisotopic (exact) mass is 300 g/mol. The molecule has 0 aliphatic carbocycles. The van der Waals surface area contributed by atoms with Crippen LogP contribution in [0.25, 0.3) is 0 Å². The lowest BCUT2D eigenvalue weighted by atomic mass is 10.2. The van der Waals surface area contributed by atoms with E-state index in [-0.39, 0.29) is 6.42 Å². The van der Waals surface area contributed by atoms with Crippen molar-refractivity contribution in [2.24, 2.45) is 0 Å². The first-order valence-corrected chi connectivity index (χ1v) is 7.36. The summed E-state index contributed by atoms with van der Waals surface area (Å²) in [4.78, 5) is 14.3. The minimum absolute atomic E-state index is 0.232. The number of carboxylic acid groups (broad SMARTS) is 1. The van der Waals surface area contributed by atoms with Gasteiger partial charge in [0.15, 0.2) is 0 Å². The van der Waals surface area contributed by atoms with Gasteiger partial charge in [-0.1, -0.05) is 0 Å². The first-order chi connectivity index (χ1) is 10.7. The fourth-order valence-electron chi connectivity index (χ4n) is 1.98. The number of nitrogens with one attached hydrogen (secondary N) is 1. The van der Waals surface area contributed by atoms with Gasteiger partial charge in [-0.3, -0.25) is 9.78 Å². The molecule has 0 radical (unpaired) electrons. The van der Waals surface area contributed by atoms with Gasteiger partial charge in [0.05, 0.1) is 6.61 Å². The van der Waals surface area contributed by atoms with Gasteiger partial charge in [0.2, 0.25) is 0 Å². The number of carbonyl (C=O) groups is 1. The van der Waals surface area contributed by atoms with Gasteiger partial charge in [-0.2, -0.15) is 0 Å². The van der Waals surface area contributed by atoms with E-state index in [1.54, 1.807) is 12.4 Å². The number of rotatable bonds is 9. The van der Waals surface area contributed by atoms with Gasteiger partial charge in [-0.05, 0) is 55.7 Å². The van der Waals surface area contributed by atoms with E-state index in [9.17, 15) is 4.79 Å². The highest BCUT2D eigenvalue weighted by molar-refractivity contribution is 5.66. The highest BCUT2D eigenvalue weighted by Crippen LogP contribution is 2.19. The fraction of sp³-hybridized carbons (Fsp3) is 0.294. The molecule has 2 rings (SSSR count). The summed E-state index contributed by atoms with van der Waals surface area (Å²) in [6.45, 7) is 0.608. The molecule has 0 bridgehead atoms. The van der Waals surface area contributed by atoms with Gasteiger partial charge in [-0.15, -0.1) is 0 Å². The van der Waals surface area contributed by atoms with E-state index in [0.29, 0.717) is 13.0 Å². The number of benzene rings is 1. The smallest absolute Gasteiger partial charge is 0.303 e. The molecular weight excluding hydrogens is 280 g/mol. The third kappa shape index (κ3) is 5.83. The molecule has 0 spiro atoms. The molecule has 2 aromatic rings. The van der Waals surface area contributed by atoms with E-state index in [4.69, 9.17) is 9.84 Å². The van der Waals surface area contributed by atoms with Gasteiger partial charge in [0.25, 0.3) is 0 Å². The van der Waals surface area contributed by atoms with Crippen molar-refractivity contribution in [2.75, 3.05) is 11.9 Å². The minimum atomic E-state index is -0.738. The van der Waals surface area contributed by atoms with Crippen LogP contribution in [0.15, 0.2) is 48.8 Å². The van der Waals surface area contributed by atoms with Crippen LogP contribution in [0.4, 0.5) is 11.4 Å². The van der Waals surface area contributed by atoms with Crippen molar-refractivity contribution in [1.82, 2.24) is 4.98 Å². The van der Waals surface area contributed by atoms with Gasteiger partial charge < -0.3 is 15.2 Å². The quantitative estimate of drug-likeness (QED) is 0.688. The largest absolute Gasteiger partial charge is 0.494 e. The third-order valence-electron chi connectivity index (χ3n) is 3.13. The maximum Gasteiger partial charge on any atom is 0.303 e. The summed E-state index contributed by atoms with van der Waals surface area (Å²) in [5, 5.41) is 11.8. The Kier molecular flexibility index (Phi) is 6.23. The molecule has 1 aromatic carbocycles. The van der Waals surface area contributed by atoms with Gasteiger partial charge >= 0.3 is 5.97 Å². The van der Waals surface area contributed by atoms with Gasteiger partial charge in [0.1, 0.15) is 5.75 Å². The zero-order valence-corrected chi connectivity index (χ0v) is 12.4. The van der Waals surface area contributed by atoms with Crippen LogP contribution in [0.2, 0.25) is 0 Å². The zero-order valence-electron chi connectivity index (χ0n) is 12.4. The molecule has 0 unspecified atom stereocenters. The number of carboxylic acids is 1. The SMILES string of the molecule is O=C(O)CCCCCOc1ccc(Nc2ccncc2)cc1. The summed E-state index contributed by atoms with van der Waals surface area (Å²) >= 11 is 0. The average molecular weight is 300 g/mol. The molecule has 1 aromatic heterocycles. The fourth-order valence-corrected chi connectivity index (χ4v) is 1.98. The van der Waals surface area contributed by atoms with Gasteiger partial charge in [-0.25, -0.2) is 0 Å². The normalized spacial score (nSPS) is 10.2. The van der Waals surface area contributed by atoms with E-state index in [1.807, 2.05) is 36.4 Å². The molecule has 2 N–H and O–H groups in total. The number of anilines is 2. The first kappa shape index (κ1) is 15.8. The predicted molar refractivity (Wildman–Crippen MR) is 85.6 cm³/mol. The molecule has 0 fully saturated rings. The number of hydrogen-bond acceptors (Lipinski definition) is 4. The van der Waals surface area contributed by atoms with E-state index >= 15 is 0 Å². The lowest BCUT2D eigenvalue weighted by molar-refractivity contribution is -0.137. The van der Waals surface area contributed by atoms with E-state index in [2.05, 4.69) is 10.3 Å². The Bertz CT molecular complexity index is 570. The number of nitrogens with zero attached hydrogens (tertiary/aromatic N) is 1. The summed E-state index contributed by atoms with van der Waals surface area (Å²) < 4.78 is 5.63. The molecule has 5 nitrogen and oxygen atoms in total. The Morgan fingerprint density at radius 3 is 2.36 bits per heavy atom. The summed E-state index contributed by atoms with van der Waals surface area (Å²) in [6, 6.07) is 11.6. The molecule has 0 atom stereocenters. The second-order valence-electron chi connectivity index (χ2n) is 4.94. The number of aromatic nitrogens is 1. The van der Waals surface area contributed by atoms with Gasteiger partial charge in [0, 0.05) is 30.2 Å². The zero-order chi connectivity index (χ0) is 15.6. The van der Waals surface area contributed by atoms with Crippen LogP contribution in [-0.2, 0) is 4.79 Å². The van der Waals surface area contributed by atoms with Crippen molar-refractivity contribution >= 4 is 17.3 Å². The summed E-state index contributed by atoms with van der Waals surface area (Å²) in [5.41, 5.74) is 1.97. The van der Waals surface area contributed by atoms with E-state index in [0.717, 1.165) is 30.0 Å². The molecule has 116 valence electrons. The van der Waals surface area contributed by atoms with Crippen LogP contribution < -0.4 is 10.1 Å². The van der Waals surface area contributed by atoms with Crippen LogP contribution in [0, 0.1) is 0 Å². The Balaban J connectivity index is 1.69. The third-order valence-corrected chi connectivity index (χ3v) is 3.13. The van der Waals surface area contributed by atoms with E-state index < -0.39 is 5.97 Å². The molecule has 0 amide bonds. The van der Waals surface area contributed by atoms with Crippen LogP contribution >= 0.6 is 0 Å². The maximum atomic E-state index is 10.4. The standard InChI is InChI=1S/C17H20N2O3/c20-17(21)4-2-1-3-13-22-16-7-5-14(6-8-16)19-15-9-11-18-12-10-15/h5-12H,1-4,13H2,(H,18,19)(H,20,21). The van der Waals surface area contributed by atoms with Crippen molar-refractivity contribution < 1.29 is 14.6 Å². The van der Waals surface area contributed by atoms with Crippen molar-refractivity contribution in [3.8, 4) is 5.75 Å². The lowest BCUT2D eigenvalue weighted by Gasteiger charge is -2.08. The van der Waals surface area contributed by atoms with Crippen molar-refractivity contribution in [1.29, 1.82) is 0 Å². The van der Waals surface area contributed by atoms with Crippen LogP contribution in [0.5, 0.6) is 5.75 Å². The maximum absolute atomic E-state index is 10.4. The molecule has 22 heavy (non-hydrogen) atoms. The molecular formula is C17H20N2O3. The number of pyridine rings is 1. The number of ether oxygens (including phenoxy) is 1. The van der Waals surface area contributed by atoms with E-state index in [1.165, 1.54) is 0 Å². The first-order valence-electron chi connectivity index (χ1n) is 7.36. The average Bonchev–Trinajstić information content (AvgIpc) is 2.53. The summed E-state index contributed by atoms with van der Waals surface area (Å²) in [7, 11) is 0. The van der Waals surface area contributed by atoms with Crippen LogP contribution in [-0.4, -0.2) is 22.7 Å². The Hall–Kier alpha value is -2.56. The molecule has 0 saturated carbocycles. The molecule has 0 aliphatic rings. The van der Waals surface area contributed by atoms with Crippen LogP contribution in [0.1, 0.15) is 25.7 Å². The second kappa shape index (κ2) is 8.67. The molecule has 1 heterocycles. The van der Waals surface area contributed by atoms with Crippen molar-refractivity contribution in [2.45, 2.75) is 25.7 Å². The molecule has 5 heteroatoms. The highest BCUT2D eigenvalue weighted by atomic mass is 16.5. The Labute approximate surface area is 130 Å².